The van der Waals surface area contributed by atoms with Gasteiger partial charge in [0.25, 0.3) is 0 Å². The Bertz CT molecular complexity index is 393. The van der Waals surface area contributed by atoms with E-state index in [0.717, 1.165) is 11.1 Å². The van der Waals surface area contributed by atoms with Gasteiger partial charge in [0.15, 0.2) is 5.89 Å². The maximum Gasteiger partial charge on any atom is 0.246 e. The molecule has 3 heteroatoms. The minimum Gasteiger partial charge on any atom is -0.423 e. The number of rotatable bonds is 0. The van der Waals surface area contributed by atoms with Gasteiger partial charge >= 0.3 is 0 Å². The van der Waals surface area contributed by atoms with Crippen LogP contribution in [0.25, 0.3) is 11.2 Å². The van der Waals surface area contributed by atoms with E-state index in [4.69, 9.17) is 4.42 Å². The standard InChI is InChI=1S/C8H8N2O.C2H6/c1-5-3-7-8(9-4-5)11-6(2)10-7;1-2/h3-4H,1-2H3;1-2H3. The second kappa shape index (κ2) is 4.03. The van der Waals surface area contributed by atoms with Crippen molar-refractivity contribution in [2.75, 3.05) is 0 Å². The van der Waals surface area contributed by atoms with Crippen molar-refractivity contribution in [2.24, 2.45) is 0 Å². The summed E-state index contributed by atoms with van der Waals surface area (Å²) in [5, 5.41) is 0. The molecule has 13 heavy (non-hydrogen) atoms. The highest BCUT2D eigenvalue weighted by Gasteiger charge is 2.01. The molecule has 0 unspecified atom stereocenters. The molecule has 2 aromatic rings. The van der Waals surface area contributed by atoms with Gasteiger partial charge in [-0.15, -0.1) is 0 Å². The van der Waals surface area contributed by atoms with Gasteiger partial charge in [0.2, 0.25) is 5.71 Å². The third kappa shape index (κ3) is 2.05. The minimum absolute atomic E-state index is 0.619. The zero-order valence-electron chi connectivity index (χ0n) is 8.46. The highest BCUT2D eigenvalue weighted by Crippen LogP contribution is 2.12. The van der Waals surface area contributed by atoms with Crippen LogP contribution >= 0.6 is 0 Å². The number of aromatic nitrogens is 2. The molecule has 70 valence electrons. The van der Waals surface area contributed by atoms with Gasteiger partial charge in [0.05, 0.1) is 0 Å². The van der Waals surface area contributed by atoms with Crippen LogP contribution in [0.2, 0.25) is 0 Å². The molecule has 0 aliphatic rings. The van der Waals surface area contributed by atoms with Crippen molar-refractivity contribution in [3.8, 4) is 0 Å². The number of pyridine rings is 1. The summed E-state index contributed by atoms with van der Waals surface area (Å²) >= 11 is 0. The molecular weight excluding hydrogens is 164 g/mol. The van der Waals surface area contributed by atoms with Crippen LogP contribution in [0.5, 0.6) is 0 Å². The van der Waals surface area contributed by atoms with E-state index in [-0.39, 0.29) is 0 Å². The molecule has 3 nitrogen and oxygen atoms in total. The van der Waals surface area contributed by atoms with Crippen LogP contribution in [-0.4, -0.2) is 9.97 Å². The normalized spacial score (nSPS) is 9.54. The molecule has 0 bridgehead atoms. The third-order valence-corrected chi connectivity index (χ3v) is 1.49. The molecule has 0 saturated carbocycles. The van der Waals surface area contributed by atoms with Crippen molar-refractivity contribution < 1.29 is 4.42 Å². The van der Waals surface area contributed by atoms with Crippen molar-refractivity contribution in [3.05, 3.63) is 23.7 Å². The molecular formula is C10H14N2O. The van der Waals surface area contributed by atoms with Gasteiger partial charge in [-0.25, -0.2) is 9.97 Å². The molecule has 0 N–H and O–H groups in total. The fourth-order valence-corrected chi connectivity index (χ4v) is 1.03. The summed E-state index contributed by atoms with van der Waals surface area (Å²) in [4.78, 5) is 8.22. The van der Waals surface area contributed by atoms with Crippen LogP contribution in [0.15, 0.2) is 16.7 Å². The maximum atomic E-state index is 5.20. The van der Waals surface area contributed by atoms with Gasteiger partial charge in [-0.2, -0.15) is 0 Å². The monoisotopic (exact) mass is 178 g/mol. The molecule has 0 aliphatic heterocycles. The van der Waals surface area contributed by atoms with Crippen molar-refractivity contribution in [2.45, 2.75) is 27.7 Å². The van der Waals surface area contributed by atoms with Gasteiger partial charge in [0.1, 0.15) is 5.52 Å². The summed E-state index contributed by atoms with van der Waals surface area (Å²) in [6.07, 6.45) is 1.77. The van der Waals surface area contributed by atoms with Crippen molar-refractivity contribution in [1.82, 2.24) is 9.97 Å². The Balaban J connectivity index is 0.000000396. The average Bonchev–Trinajstić information content (AvgIpc) is 2.48. The van der Waals surface area contributed by atoms with E-state index in [1.54, 1.807) is 6.20 Å². The van der Waals surface area contributed by atoms with Crippen molar-refractivity contribution >= 4 is 11.2 Å². The molecule has 0 spiro atoms. The van der Waals surface area contributed by atoms with Crippen LogP contribution in [0, 0.1) is 13.8 Å². The molecule has 2 aromatic heterocycles. The minimum atomic E-state index is 0.619. The summed E-state index contributed by atoms with van der Waals surface area (Å²) in [5.41, 5.74) is 2.56. The Morgan fingerprint density at radius 3 is 2.62 bits per heavy atom. The first-order valence-electron chi connectivity index (χ1n) is 4.45. The highest BCUT2D eigenvalue weighted by atomic mass is 16.4. The van der Waals surface area contributed by atoms with Crippen LogP contribution in [0.3, 0.4) is 0 Å². The highest BCUT2D eigenvalue weighted by molar-refractivity contribution is 5.68. The van der Waals surface area contributed by atoms with Gasteiger partial charge in [-0.1, -0.05) is 13.8 Å². The lowest BCUT2D eigenvalue weighted by atomic mass is 10.3. The van der Waals surface area contributed by atoms with E-state index in [2.05, 4.69) is 9.97 Å². The topological polar surface area (TPSA) is 38.9 Å². The first kappa shape index (κ1) is 9.71. The first-order valence-corrected chi connectivity index (χ1v) is 4.45. The Morgan fingerprint density at radius 2 is 1.92 bits per heavy atom. The van der Waals surface area contributed by atoms with Crippen LogP contribution in [0.1, 0.15) is 25.3 Å². The molecule has 0 atom stereocenters. The predicted octanol–water partition coefficient (Wildman–Crippen LogP) is 2.87. The van der Waals surface area contributed by atoms with E-state index in [1.807, 2.05) is 33.8 Å². The Morgan fingerprint density at radius 1 is 1.23 bits per heavy atom. The summed E-state index contributed by atoms with van der Waals surface area (Å²) in [6, 6.07) is 1.96. The Hall–Kier alpha value is -1.38. The molecule has 0 saturated heterocycles. The Labute approximate surface area is 77.8 Å². The van der Waals surface area contributed by atoms with Crippen molar-refractivity contribution in [3.63, 3.8) is 0 Å². The second-order valence-corrected chi connectivity index (χ2v) is 2.57. The van der Waals surface area contributed by atoms with Crippen LogP contribution in [-0.2, 0) is 0 Å². The quantitative estimate of drug-likeness (QED) is 0.622. The number of hydrogen-bond acceptors (Lipinski definition) is 3. The first-order chi connectivity index (χ1) is 6.25. The van der Waals surface area contributed by atoms with Crippen LogP contribution < -0.4 is 0 Å². The predicted molar refractivity (Wildman–Crippen MR) is 52.6 cm³/mol. The molecule has 0 aliphatic carbocycles. The van der Waals surface area contributed by atoms with Crippen LogP contribution in [0.4, 0.5) is 0 Å². The number of aryl methyl sites for hydroxylation is 2. The SMILES string of the molecule is CC.Cc1cnc2oc(C)nc2c1. The molecule has 0 fully saturated rings. The summed E-state index contributed by atoms with van der Waals surface area (Å²) < 4.78 is 5.20. The zero-order chi connectivity index (χ0) is 9.84. The average molecular weight is 178 g/mol. The lowest BCUT2D eigenvalue weighted by Crippen LogP contribution is -1.76. The third-order valence-electron chi connectivity index (χ3n) is 1.49. The lowest BCUT2D eigenvalue weighted by molar-refractivity contribution is 0.551. The van der Waals surface area contributed by atoms with Crippen molar-refractivity contribution in [1.29, 1.82) is 0 Å². The summed E-state index contributed by atoms with van der Waals surface area (Å²) in [7, 11) is 0. The number of hydrogen-bond donors (Lipinski definition) is 0. The largest absolute Gasteiger partial charge is 0.423 e. The van der Waals surface area contributed by atoms with E-state index in [0.29, 0.717) is 11.6 Å². The number of fused-ring (bicyclic) bond motifs is 1. The summed E-state index contributed by atoms with van der Waals surface area (Å²) in [6.45, 7) is 7.80. The molecule has 2 heterocycles. The molecule has 0 amide bonds. The van der Waals surface area contributed by atoms with E-state index >= 15 is 0 Å². The molecule has 0 aromatic carbocycles. The van der Waals surface area contributed by atoms with Gasteiger partial charge in [-0.05, 0) is 18.6 Å². The molecule has 0 radical (unpaired) electrons. The maximum absolute atomic E-state index is 5.20. The summed E-state index contributed by atoms with van der Waals surface area (Å²) in [5.74, 6) is 0.665. The van der Waals surface area contributed by atoms with E-state index in [9.17, 15) is 0 Å². The fourth-order valence-electron chi connectivity index (χ4n) is 1.03. The fraction of sp³-hybridized carbons (Fsp3) is 0.400. The number of nitrogens with zero attached hydrogens (tertiary/aromatic N) is 2. The zero-order valence-corrected chi connectivity index (χ0v) is 8.46. The second-order valence-electron chi connectivity index (χ2n) is 2.57. The molecule has 2 rings (SSSR count). The smallest absolute Gasteiger partial charge is 0.246 e. The number of oxazole rings is 1. The van der Waals surface area contributed by atoms with E-state index in [1.165, 1.54) is 0 Å². The van der Waals surface area contributed by atoms with Gasteiger partial charge < -0.3 is 4.42 Å². The van der Waals surface area contributed by atoms with E-state index < -0.39 is 0 Å². The van der Waals surface area contributed by atoms with Gasteiger partial charge in [0, 0.05) is 13.1 Å². The Kier molecular flexibility index (Phi) is 3.01. The lowest BCUT2D eigenvalue weighted by Gasteiger charge is -1.86. The van der Waals surface area contributed by atoms with Gasteiger partial charge in [-0.3, -0.25) is 0 Å².